The van der Waals surface area contributed by atoms with Gasteiger partial charge in [-0.15, -0.1) is 0 Å². The smallest absolute Gasteiger partial charge is 0.234 e. The quantitative estimate of drug-likeness (QED) is 0.882. The summed E-state index contributed by atoms with van der Waals surface area (Å²) in [5, 5.41) is 13.3. The predicted molar refractivity (Wildman–Crippen MR) is 75.6 cm³/mol. The number of aryl methyl sites for hydroxylation is 1. The summed E-state index contributed by atoms with van der Waals surface area (Å²) in [6.07, 6.45) is 0.748. The molecular weight excluding hydrogens is 254 g/mol. The van der Waals surface area contributed by atoms with Crippen molar-refractivity contribution in [3.05, 3.63) is 53.0 Å². The molecule has 2 heterocycles. The number of furan rings is 1. The molecule has 2 N–H and O–H groups in total. The summed E-state index contributed by atoms with van der Waals surface area (Å²) in [4.78, 5) is 11.9. The third-order valence-electron chi connectivity index (χ3n) is 4.00. The number of carbonyl (C=O) groups is 1. The van der Waals surface area contributed by atoms with Crippen molar-refractivity contribution in [2.24, 2.45) is 0 Å². The second kappa shape index (κ2) is 4.21. The zero-order chi connectivity index (χ0) is 14.5. The molecule has 0 radical (unpaired) electrons. The van der Waals surface area contributed by atoms with E-state index in [9.17, 15) is 9.90 Å². The van der Waals surface area contributed by atoms with Crippen molar-refractivity contribution in [2.75, 3.05) is 5.32 Å². The van der Waals surface area contributed by atoms with Crippen LogP contribution in [-0.2, 0) is 10.2 Å². The molecule has 1 aliphatic rings. The molecule has 1 amide bonds. The van der Waals surface area contributed by atoms with Gasteiger partial charge in [0.25, 0.3) is 0 Å². The summed E-state index contributed by atoms with van der Waals surface area (Å²) in [5.41, 5.74) is 2.77. The van der Waals surface area contributed by atoms with E-state index in [-0.39, 0.29) is 5.91 Å². The molecule has 1 aliphatic heterocycles. The van der Waals surface area contributed by atoms with Crippen LogP contribution in [0.2, 0.25) is 0 Å². The molecule has 0 saturated heterocycles. The topological polar surface area (TPSA) is 62.5 Å². The number of aliphatic hydroxyl groups excluding tert-OH is 1. The van der Waals surface area contributed by atoms with E-state index < -0.39 is 11.5 Å². The van der Waals surface area contributed by atoms with Gasteiger partial charge < -0.3 is 14.8 Å². The zero-order valence-electron chi connectivity index (χ0n) is 11.7. The molecule has 1 atom stereocenters. The second-order valence-corrected chi connectivity index (χ2v) is 5.75. The van der Waals surface area contributed by atoms with Crippen LogP contribution in [0.4, 0.5) is 5.69 Å². The van der Waals surface area contributed by atoms with Crippen molar-refractivity contribution in [1.29, 1.82) is 0 Å². The summed E-state index contributed by atoms with van der Waals surface area (Å²) in [5.74, 6) is 0.522. The maximum absolute atomic E-state index is 11.9. The first-order valence-corrected chi connectivity index (χ1v) is 6.59. The van der Waals surface area contributed by atoms with Gasteiger partial charge in [-0.3, -0.25) is 4.79 Å². The summed E-state index contributed by atoms with van der Waals surface area (Å²) in [6.45, 7) is 5.65. The fraction of sp³-hybridized carbons (Fsp3) is 0.312. The molecule has 0 saturated carbocycles. The lowest BCUT2D eigenvalue weighted by Gasteiger charge is -2.17. The van der Waals surface area contributed by atoms with Gasteiger partial charge in [0.15, 0.2) is 0 Å². The van der Waals surface area contributed by atoms with E-state index in [1.807, 2.05) is 45.0 Å². The van der Waals surface area contributed by atoms with Gasteiger partial charge >= 0.3 is 0 Å². The molecule has 4 nitrogen and oxygen atoms in total. The van der Waals surface area contributed by atoms with E-state index in [4.69, 9.17) is 4.42 Å². The Bertz CT molecular complexity index is 685. The maximum atomic E-state index is 11.9. The van der Waals surface area contributed by atoms with Crippen molar-refractivity contribution in [3.8, 4) is 0 Å². The maximum Gasteiger partial charge on any atom is 0.234 e. The van der Waals surface area contributed by atoms with E-state index in [1.54, 1.807) is 6.26 Å². The highest BCUT2D eigenvalue weighted by Gasteiger charge is 2.38. The average molecular weight is 271 g/mol. The third kappa shape index (κ3) is 1.76. The summed E-state index contributed by atoms with van der Waals surface area (Å²) < 4.78 is 5.34. The number of aliphatic hydroxyl groups is 1. The van der Waals surface area contributed by atoms with Crippen molar-refractivity contribution in [1.82, 2.24) is 0 Å². The van der Waals surface area contributed by atoms with E-state index in [2.05, 4.69) is 5.32 Å². The Balaban J connectivity index is 2.04. The van der Waals surface area contributed by atoms with Crippen molar-refractivity contribution in [2.45, 2.75) is 32.3 Å². The fourth-order valence-corrected chi connectivity index (χ4v) is 2.57. The zero-order valence-corrected chi connectivity index (χ0v) is 11.7. The van der Waals surface area contributed by atoms with E-state index in [0.29, 0.717) is 5.76 Å². The number of benzene rings is 1. The first kappa shape index (κ1) is 12.9. The minimum atomic E-state index is -0.818. The van der Waals surface area contributed by atoms with Crippen LogP contribution in [0.25, 0.3) is 0 Å². The van der Waals surface area contributed by atoms with Crippen LogP contribution in [0.3, 0.4) is 0 Å². The monoisotopic (exact) mass is 271 g/mol. The molecule has 1 aromatic carbocycles. The van der Waals surface area contributed by atoms with Gasteiger partial charge in [0.2, 0.25) is 5.91 Å². The molecular formula is C16H17NO3. The molecule has 0 spiro atoms. The lowest BCUT2D eigenvalue weighted by Crippen LogP contribution is -2.26. The predicted octanol–water partition coefficient (Wildman–Crippen LogP) is 2.90. The SMILES string of the molecule is Cc1ccoc1C(O)c1ccc2c(c1)C(C)(C)C(=O)N2. The Morgan fingerprint density at radius 3 is 2.70 bits per heavy atom. The molecule has 1 unspecified atom stereocenters. The molecule has 3 rings (SSSR count). The molecule has 0 aliphatic carbocycles. The van der Waals surface area contributed by atoms with Crippen LogP contribution >= 0.6 is 0 Å². The number of rotatable bonds is 2. The highest BCUT2D eigenvalue weighted by Crippen LogP contribution is 2.39. The normalized spacial score (nSPS) is 17.7. The van der Waals surface area contributed by atoms with Gasteiger partial charge in [-0.2, -0.15) is 0 Å². The second-order valence-electron chi connectivity index (χ2n) is 5.75. The largest absolute Gasteiger partial charge is 0.466 e. The van der Waals surface area contributed by atoms with E-state index in [0.717, 1.165) is 22.4 Å². The average Bonchev–Trinajstić information content (AvgIpc) is 2.92. The summed E-state index contributed by atoms with van der Waals surface area (Å²) in [7, 11) is 0. The van der Waals surface area contributed by atoms with Crippen LogP contribution in [0.5, 0.6) is 0 Å². The van der Waals surface area contributed by atoms with Crippen molar-refractivity contribution >= 4 is 11.6 Å². The molecule has 4 heteroatoms. The van der Waals surface area contributed by atoms with Gasteiger partial charge in [-0.25, -0.2) is 0 Å². The lowest BCUT2D eigenvalue weighted by atomic mass is 9.84. The Hall–Kier alpha value is -2.07. The number of anilines is 1. The standard InChI is InChI=1S/C16H17NO3/c1-9-6-7-20-14(9)13(18)10-4-5-12-11(8-10)16(2,3)15(19)17-12/h4-8,13,18H,1-3H3,(H,17,19). The molecule has 0 bridgehead atoms. The number of carbonyl (C=O) groups excluding carboxylic acids is 1. The first-order valence-electron chi connectivity index (χ1n) is 6.59. The Morgan fingerprint density at radius 1 is 1.30 bits per heavy atom. The Kier molecular flexibility index (Phi) is 2.73. The first-order chi connectivity index (χ1) is 9.41. The van der Waals surface area contributed by atoms with Crippen LogP contribution < -0.4 is 5.32 Å². The van der Waals surface area contributed by atoms with Crippen LogP contribution in [-0.4, -0.2) is 11.0 Å². The van der Waals surface area contributed by atoms with E-state index >= 15 is 0 Å². The highest BCUT2D eigenvalue weighted by atomic mass is 16.4. The van der Waals surface area contributed by atoms with Gasteiger partial charge in [0, 0.05) is 5.69 Å². The van der Waals surface area contributed by atoms with Crippen LogP contribution in [0.15, 0.2) is 34.9 Å². The van der Waals surface area contributed by atoms with Gasteiger partial charge in [0.05, 0.1) is 11.7 Å². The van der Waals surface area contributed by atoms with E-state index in [1.165, 1.54) is 0 Å². The molecule has 20 heavy (non-hydrogen) atoms. The molecule has 0 fully saturated rings. The summed E-state index contributed by atoms with van der Waals surface area (Å²) >= 11 is 0. The molecule has 2 aromatic rings. The Morgan fingerprint density at radius 2 is 2.05 bits per heavy atom. The molecule has 104 valence electrons. The number of hydrogen-bond acceptors (Lipinski definition) is 3. The van der Waals surface area contributed by atoms with Gasteiger partial charge in [0.1, 0.15) is 11.9 Å². The van der Waals surface area contributed by atoms with Crippen molar-refractivity contribution in [3.63, 3.8) is 0 Å². The molecule has 1 aromatic heterocycles. The van der Waals surface area contributed by atoms with Gasteiger partial charge in [-0.1, -0.05) is 6.07 Å². The number of fused-ring (bicyclic) bond motifs is 1. The van der Waals surface area contributed by atoms with Crippen molar-refractivity contribution < 1.29 is 14.3 Å². The highest BCUT2D eigenvalue weighted by molar-refractivity contribution is 6.05. The van der Waals surface area contributed by atoms with Crippen LogP contribution in [0, 0.1) is 6.92 Å². The summed E-state index contributed by atoms with van der Waals surface area (Å²) in [6, 6.07) is 7.34. The number of amides is 1. The third-order valence-corrected chi connectivity index (χ3v) is 4.00. The van der Waals surface area contributed by atoms with Gasteiger partial charge in [-0.05, 0) is 55.7 Å². The lowest BCUT2D eigenvalue weighted by molar-refractivity contribution is -0.119. The number of hydrogen-bond donors (Lipinski definition) is 2. The van der Waals surface area contributed by atoms with Crippen LogP contribution in [0.1, 0.15) is 42.4 Å². The fourth-order valence-electron chi connectivity index (χ4n) is 2.57. The minimum absolute atomic E-state index is 0.0201. The number of nitrogens with one attached hydrogen (secondary N) is 1. The Labute approximate surface area is 117 Å². The minimum Gasteiger partial charge on any atom is -0.466 e.